The fraction of sp³-hybridized carbons (Fsp3) is 0.500. The fourth-order valence-electron chi connectivity index (χ4n) is 1.41. The van der Waals surface area contributed by atoms with Crippen molar-refractivity contribution in [1.29, 1.82) is 0 Å². The van der Waals surface area contributed by atoms with Crippen LogP contribution in [0.15, 0.2) is 27.4 Å². The number of alkyl halides is 1. The van der Waals surface area contributed by atoms with Gasteiger partial charge in [-0.25, -0.2) is 3.15 Å². The monoisotopic (exact) mass is 263 g/mol. The van der Waals surface area contributed by atoms with Gasteiger partial charge in [-0.15, -0.1) is 0 Å². The van der Waals surface area contributed by atoms with Crippen LogP contribution in [0.3, 0.4) is 0 Å². The van der Waals surface area contributed by atoms with Gasteiger partial charge in [0.2, 0.25) is 0 Å². The minimum atomic E-state index is -0.223. The van der Waals surface area contributed by atoms with Gasteiger partial charge in [-0.3, -0.25) is 0 Å². The van der Waals surface area contributed by atoms with Crippen molar-refractivity contribution in [3.05, 3.63) is 24.3 Å². The number of aliphatic hydroxyl groups excluding tert-OH is 1. The SMILES string of the molecule is C=C1C[C@@H](O)C[C@@]2(N=I2)C1=C. The molecule has 11 heavy (non-hydrogen) atoms. The van der Waals surface area contributed by atoms with Crippen LogP contribution in [0.2, 0.25) is 0 Å². The third kappa shape index (κ3) is 1.10. The van der Waals surface area contributed by atoms with Crippen molar-refractivity contribution in [2.75, 3.05) is 0 Å². The minimum Gasteiger partial charge on any atom is -0.393 e. The largest absolute Gasteiger partial charge is 0.393 e. The summed E-state index contributed by atoms with van der Waals surface area (Å²) in [5.41, 5.74) is 2.10. The average Bonchev–Trinajstić information content (AvgIpc) is 2.65. The molecule has 0 aromatic rings. The van der Waals surface area contributed by atoms with Crippen molar-refractivity contribution in [3.63, 3.8) is 0 Å². The van der Waals surface area contributed by atoms with Gasteiger partial charge in [0.1, 0.15) is 0 Å². The van der Waals surface area contributed by atoms with Gasteiger partial charge in [0.05, 0.1) is 6.10 Å². The molecule has 0 aromatic heterocycles. The lowest BCUT2D eigenvalue weighted by atomic mass is 9.86. The first-order valence-electron chi connectivity index (χ1n) is 3.57. The van der Waals surface area contributed by atoms with Gasteiger partial charge >= 0.3 is 0 Å². The third-order valence-corrected chi connectivity index (χ3v) is 4.90. The van der Waals surface area contributed by atoms with E-state index >= 15 is 0 Å². The summed E-state index contributed by atoms with van der Waals surface area (Å²) in [5, 5.41) is 9.43. The lowest BCUT2D eigenvalue weighted by Crippen LogP contribution is -2.28. The zero-order valence-corrected chi connectivity index (χ0v) is 8.34. The Morgan fingerprint density at radius 1 is 1.64 bits per heavy atom. The maximum Gasteiger partial charge on any atom is 0.155 e. The minimum absolute atomic E-state index is 0.0215. The zero-order chi connectivity index (χ0) is 8.06. The maximum absolute atomic E-state index is 9.43. The second kappa shape index (κ2) is 2.23. The van der Waals surface area contributed by atoms with Gasteiger partial charge in [-0.1, -0.05) is 13.2 Å². The lowest BCUT2D eigenvalue weighted by molar-refractivity contribution is 0.152. The molecule has 2 atom stereocenters. The summed E-state index contributed by atoms with van der Waals surface area (Å²) in [5.74, 6) is 0. The second-order valence-corrected chi connectivity index (χ2v) is 5.82. The summed E-state index contributed by atoms with van der Waals surface area (Å²) >= 11 is -0.0578. The second-order valence-electron chi connectivity index (χ2n) is 3.07. The van der Waals surface area contributed by atoms with Gasteiger partial charge in [0, 0.05) is 27.5 Å². The summed E-state index contributed by atoms with van der Waals surface area (Å²) in [7, 11) is 0. The molecule has 2 nitrogen and oxygen atoms in total. The molecule has 0 saturated heterocycles. The topological polar surface area (TPSA) is 32.6 Å². The predicted molar refractivity (Wildman–Crippen MR) is 52.7 cm³/mol. The van der Waals surface area contributed by atoms with Crippen molar-refractivity contribution < 1.29 is 5.11 Å². The average molecular weight is 263 g/mol. The van der Waals surface area contributed by atoms with Crippen LogP contribution in [0.1, 0.15) is 12.8 Å². The van der Waals surface area contributed by atoms with Crippen LogP contribution in [-0.2, 0) is 0 Å². The van der Waals surface area contributed by atoms with Gasteiger partial charge < -0.3 is 5.11 Å². The van der Waals surface area contributed by atoms with Gasteiger partial charge in [0.25, 0.3) is 0 Å². The van der Waals surface area contributed by atoms with E-state index in [1.807, 2.05) is 0 Å². The van der Waals surface area contributed by atoms with E-state index in [1.54, 1.807) is 0 Å². The zero-order valence-electron chi connectivity index (χ0n) is 6.18. The van der Waals surface area contributed by atoms with Crippen LogP contribution < -0.4 is 0 Å². The molecular weight excluding hydrogens is 253 g/mol. The molecule has 0 unspecified atom stereocenters. The van der Waals surface area contributed by atoms with Gasteiger partial charge in [0.15, 0.2) is 3.55 Å². The van der Waals surface area contributed by atoms with E-state index in [1.165, 1.54) is 0 Å². The number of hydrogen-bond donors (Lipinski definition) is 1. The van der Waals surface area contributed by atoms with Crippen LogP contribution in [-0.4, -0.2) is 14.8 Å². The molecule has 2 aliphatic rings. The molecule has 1 spiro atoms. The van der Waals surface area contributed by atoms with E-state index in [2.05, 4.69) is 16.3 Å². The Hall–Kier alpha value is -0.0300. The van der Waals surface area contributed by atoms with Crippen LogP contribution >= 0.6 is 21.0 Å². The normalized spacial score (nSPS) is 42.5. The van der Waals surface area contributed by atoms with Crippen molar-refractivity contribution in [2.24, 2.45) is 3.15 Å². The van der Waals surface area contributed by atoms with E-state index in [0.717, 1.165) is 17.6 Å². The maximum atomic E-state index is 9.43. The molecule has 1 aliphatic carbocycles. The Kier molecular flexibility index (Phi) is 1.54. The van der Waals surface area contributed by atoms with Crippen LogP contribution in [0.25, 0.3) is 0 Å². The Balaban J connectivity index is 2.23. The van der Waals surface area contributed by atoms with E-state index < -0.39 is 0 Å². The molecule has 2 rings (SSSR count). The molecular formula is C8H10INO. The van der Waals surface area contributed by atoms with Crippen molar-refractivity contribution >= 4 is 21.0 Å². The Morgan fingerprint density at radius 2 is 2.27 bits per heavy atom. The van der Waals surface area contributed by atoms with E-state index in [0.29, 0.717) is 6.42 Å². The summed E-state index contributed by atoms with van der Waals surface area (Å²) in [6.07, 6.45) is 1.27. The molecule has 0 amide bonds. The molecule has 1 fully saturated rings. The van der Waals surface area contributed by atoms with Gasteiger partial charge in [-0.2, -0.15) is 0 Å². The first kappa shape index (κ1) is 7.61. The predicted octanol–water partition coefficient (Wildman–Crippen LogP) is 2.12. The molecule has 60 valence electrons. The lowest BCUT2D eigenvalue weighted by Gasteiger charge is -2.27. The van der Waals surface area contributed by atoms with Crippen molar-refractivity contribution in [3.8, 4) is 0 Å². The quantitative estimate of drug-likeness (QED) is 0.405. The molecule has 1 N–H and O–H groups in total. The third-order valence-electron chi connectivity index (χ3n) is 2.17. The number of rotatable bonds is 0. The number of nitrogens with zero attached hydrogens (tertiary/aromatic N) is 1. The molecule has 1 heterocycles. The standard InChI is InChI=1S/C8H10INO/c1-5-3-7(11)4-8(6(5)2)9-10-8/h7,11H,1-4H2/t7-,8-/m1/s1. The van der Waals surface area contributed by atoms with Crippen LogP contribution in [0.4, 0.5) is 0 Å². The number of hydrogen-bond acceptors (Lipinski definition) is 2. The molecule has 0 bridgehead atoms. The highest BCUT2D eigenvalue weighted by molar-refractivity contribution is 14.2. The van der Waals surface area contributed by atoms with Crippen LogP contribution in [0.5, 0.6) is 0 Å². The van der Waals surface area contributed by atoms with Crippen molar-refractivity contribution in [2.45, 2.75) is 22.5 Å². The van der Waals surface area contributed by atoms with E-state index in [4.69, 9.17) is 0 Å². The molecule has 0 radical (unpaired) electrons. The highest BCUT2D eigenvalue weighted by atomic mass is 127. The summed E-state index contributed by atoms with van der Waals surface area (Å²) in [6.45, 7) is 7.85. The van der Waals surface area contributed by atoms with E-state index in [-0.39, 0.29) is 30.7 Å². The molecule has 1 aliphatic heterocycles. The Morgan fingerprint density at radius 3 is 2.82 bits per heavy atom. The van der Waals surface area contributed by atoms with Gasteiger partial charge in [-0.05, 0) is 17.6 Å². The summed E-state index contributed by atoms with van der Waals surface area (Å²) < 4.78 is 4.39. The summed E-state index contributed by atoms with van der Waals surface area (Å²) in [6, 6.07) is 0. The first-order valence-corrected chi connectivity index (χ1v) is 5.61. The number of aliphatic hydroxyl groups is 1. The molecule has 3 heteroatoms. The highest BCUT2D eigenvalue weighted by Crippen LogP contribution is 2.58. The van der Waals surface area contributed by atoms with Crippen LogP contribution in [0, 0.1) is 0 Å². The smallest absolute Gasteiger partial charge is 0.155 e. The summed E-state index contributed by atoms with van der Waals surface area (Å²) in [4.78, 5) is 0. The first-order chi connectivity index (χ1) is 5.14. The van der Waals surface area contributed by atoms with E-state index in [9.17, 15) is 5.11 Å². The molecule has 1 saturated carbocycles. The highest BCUT2D eigenvalue weighted by Gasteiger charge is 2.47. The van der Waals surface area contributed by atoms with Crippen molar-refractivity contribution in [1.82, 2.24) is 0 Å². The number of halogens is 1. The Bertz CT molecular complexity index is 263. The molecule has 0 aromatic carbocycles. The fourth-order valence-corrected chi connectivity index (χ4v) is 3.57. The Labute approximate surface area is 76.2 Å².